The van der Waals surface area contributed by atoms with E-state index in [1.165, 1.54) is 0 Å². The zero-order valence-electron chi connectivity index (χ0n) is 15.7. The Balaban J connectivity index is 1.91. The second-order valence-electron chi connectivity index (χ2n) is 6.55. The first-order valence-corrected chi connectivity index (χ1v) is 8.52. The van der Waals surface area contributed by atoms with E-state index in [0.29, 0.717) is 18.0 Å². The third kappa shape index (κ3) is 3.37. The van der Waals surface area contributed by atoms with Crippen molar-refractivity contribution >= 4 is 16.9 Å². The van der Waals surface area contributed by atoms with Crippen LogP contribution in [0.5, 0.6) is 5.88 Å². The molecule has 0 radical (unpaired) electrons. The fraction of sp³-hybridized carbons (Fsp3) is 0.368. The molecule has 0 saturated heterocycles. The van der Waals surface area contributed by atoms with Gasteiger partial charge in [0.25, 0.3) is 5.91 Å². The van der Waals surface area contributed by atoms with Crippen molar-refractivity contribution in [1.82, 2.24) is 25.1 Å². The number of aromatic nitrogens is 4. The Morgan fingerprint density at radius 2 is 2.12 bits per heavy atom. The third-order valence-corrected chi connectivity index (χ3v) is 4.28. The number of carbonyl (C=O) groups is 1. The van der Waals surface area contributed by atoms with Crippen LogP contribution >= 0.6 is 0 Å². The molecule has 0 aliphatic carbocycles. The van der Waals surface area contributed by atoms with E-state index in [4.69, 9.17) is 4.74 Å². The molecule has 0 fully saturated rings. The summed E-state index contributed by atoms with van der Waals surface area (Å²) in [6, 6.07) is 5.51. The topological polar surface area (TPSA) is 81.9 Å². The van der Waals surface area contributed by atoms with Gasteiger partial charge >= 0.3 is 0 Å². The van der Waals surface area contributed by atoms with Crippen molar-refractivity contribution in [1.29, 1.82) is 0 Å². The molecule has 0 aliphatic rings. The summed E-state index contributed by atoms with van der Waals surface area (Å²) in [5.41, 5.74) is 3.89. The van der Waals surface area contributed by atoms with Crippen molar-refractivity contribution in [3.63, 3.8) is 0 Å². The average Bonchev–Trinajstić information content (AvgIpc) is 2.93. The van der Waals surface area contributed by atoms with Gasteiger partial charge in [0.05, 0.1) is 23.8 Å². The summed E-state index contributed by atoms with van der Waals surface area (Å²) in [6.45, 7) is 6.39. The third-order valence-electron chi connectivity index (χ3n) is 4.28. The smallest absolute Gasteiger partial charge is 0.252 e. The quantitative estimate of drug-likeness (QED) is 0.763. The summed E-state index contributed by atoms with van der Waals surface area (Å²) in [7, 11) is 3.41. The van der Waals surface area contributed by atoms with Gasteiger partial charge in [0, 0.05) is 31.5 Å². The number of nitrogens with one attached hydrogen (secondary N) is 1. The Morgan fingerprint density at radius 1 is 1.35 bits per heavy atom. The number of fused-ring (bicyclic) bond motifs is 1. The number of hydrogen-bond donors (Lipinski definition) is 1. The molecule has 26 heavy (non-hydrogen) atoms. The summed E-state index contributed by atoms with van der Waals surface area (Å²) >= 11 is 0. The van der Waals surface area contributed by atoms with Crippen molar-refractivity contribution in [2.75, 3.05) is 7.11 Å². The van der Waals surface area contributed by atoms with Crippen LogP contribution in [-0.2, 0) is 13.6 Å². The Hall–Kier alpha value is -2.96. The van der Waals surface area contributed by atoms with Crippen LogP contribution in [0, 0.1) is 6.92 Å². The van der Waals surface area contributed by atoms with Crippen LogP contribution in [0.4, 0.5) is 0 Å². The summed E-state index contributed by atoms with van der Waals surface area (Å²) in [4.78, 5) is 21.7. The van der Waals surface area contributed by atoms with Crippen molar-refractivity contribution in [2.24, 2.45) is 7.05 Å². The highest BCUT2D eigenvalue weighted by atomic mass is 16.5. The Kier molecular flexibility index (Phi) is 4.88. The van der Waals surface area contributed by atoms with Crippen LogP contribution in [0.25, 0.3) is 11.0 Å². The molecule has 3 heterocycles. The maximum absolute atomic E-state index is 12.9. The highest BCUT2D eigenvalue weighted by molar-refractivity contribution is 6.06. The van der Waals surface area contributed by atoms with Crippen molar-refractivity contribution in [3.8, 4) is 5.88 Å². The second-order valence-corrected chi connectivity index (χ2v) is 6.55. The van der Waals surface area contributed by atoms with Gasteiger partial charge in [-0.25, -0.2) is 9.97 Å². The van der Waals surface area contributed by atoms with Gasteiger partial charge in [0.15, 0.2) is 5.65 Å². The molecule has 3 aromatic heterocycles. The van der Waals surface area contributed by atoms with E-state index < -0.39 is 0 Å². The first kappa shape index (κ1) is 17.8. The lowest BCUT2D eigenvalue weighted by Gasteiger charge is -2.11. The van der Waals surface area contributed by atoms with Crippen LogP contribution in [-0.4, -0.2) is 32.8 Å². The Labute approximate surface area is 152 Å². The molecule has 7 heteroatoms. The molecule has 0 aliphatic heterocycles. The molecule has 0 unspecified atom stereocenters. The van der Waals surface area contributed by atoms with Crippen LogP contribution in [0.1, 0.15) is 47.1 Å². The number of pyridine rings is 2. The Morgan fingerprint density at radius 3 is 2.73 bits per heavy atom. The molecular weight excluding hydrogens is 330 g/mol. The minimum atomic E-state index is -0.147. The van der Waals surface area contributed by atoms with Gasteiger partial charge in [-0.3, -0.25) is 9.48 Å². The number of hydrogen-bond acceptors (Lipinski definition) is 5. The monoisotopic (exact) mass is 353 g/mol. The van der Waals surface area contributed by atoms with Crippen LogP contribution < -0.4 is 10.1 Å². The maximum Gasteiger partial charge on any atom is 0.252 e. The predicted molar refractivity (Wildman–Crippen MR) is 99.3 cm³/mol. The highest BCUT2D eigenvalue weighted by Crippen LogP contribution is 2.25. The van der Waals surface area contributed by atoms with E-state index in [2.05, 4.69) is 34.2 Å². The van der Waals surface area contributed by atoms with E-state index in [-0.39, 0.29) is 11.8 Å². The summed E-state index contributed by atoms with van der Waals surface area (Å²) in [6.07, 6.45) is 1.69. The van der Waals surface area contributed by atoms with E-state index in [9.17, 15) is 4.79 Å². The average molecular weight is 353 g/mol. The molecule has 1 amide bonds. The molecule has 0 bridgehead atoms. The van der Waals surface area contributed by atoms with Gasteiger partial charge in [-0.05, 0) is 24.5 Å². The zero-order valence-corrected chi connectivity index (χ0v) is 15.7. The molecule has 3 aromatic rings. The number of methoxy groups -OCH3 is 1. The van der Waals surface area contributed by atoms with Crippen molar-refractivity contribution in [3.05, 3.63) is 46.9 Å². The maximum atomic E-state index is 12.9. The molecule has 0 aromatic carbocycles. The van der Waals surface area contributed by atoms with Gasteiger partial charge in [-0.15, -0.1) is 0 Å². The fourth-order valence-electron chi connectivity index (χ4n) is 2.85. The van der Waals surface area contributed by atoms with Gasteiger partial charge in [-0.2, -0.15) is 5.10 Å². The van der Waals surface area contributed by atoms with Crippen LogP contribution in [0.3, 0.4) is 0 Å². The molecule has 0 spiro atoms. The van der Waals surface area contributed by atoms with Gasteiger partial charge in [0.2, 0.25) is 5.88 Å². The number of rotatable bonds is 5. The zero-order chi connectivity index (χ0) is 18.8. The lowest BCUT2D eigenvalue weighted by Crippen LogP contribution is -2.23. The number of aryl methyl sites for hydroxylation is 2. The van der Waals surface area contributed by atoms with Gasteiger partial charge in [0.1, 0.15) is 0 Å². The van der Waals surface area contributed by atoms with Gasteiger partial charge in [-0.1, -0.05) is 19.9 Å². The minimum absolute atomic E-state index is 0.147. The number of amides is 1. The largest absolute Gasteiger partial charge is 0.481 e. The molecule has 7 nitrogen and oxygen atoms in total. The summed E-state index contributed by atoms with van der Waals surface area (Å²) in [5, 5.41) is 8.18. The number of nitrogens with zero attached hydrogens (tertiary/aromatic N) is 4. The molecular formula is C19H23N5O2. The predicted octanol–water partition coefficient (Wildman–Crippen LogP) is 2.73. The molecule has 1 N–H and O–H groups in total. The first-order valence-electron chi connectivity index (χ1n) is 8.52. The molecule has 0 atom stereocenters. The van der Waals surface area contributed by atoms with Gasteiger partial charge < -0.3 is 10.1 Å². The molecule has 0 saturated carbocycles. The second kappa shape index (κ2) is 7.11. The van der Waals surface area contributed by atoms with E-state index in [1.54, 1.807) is 24.1 Å². The lowest BCUT2D eigenvalue weighted by molar-refractivity contribution is 0.0952. The fourth-order valence-corrected chi connectivity index (χ4v) is 2.85. The first-order chi connectivity index (χ1) is 12.4. The number of ether oxygens (including phenoxy) is 1. The SMILES string of the molecule is COc1ccc(CNC(=O)c2cc(C(C)C)nc3c2c(C)nn3C)cn1. The van der Waals surface area contributed by atoms with Crippen molar-refractivity contribution in [2.45, 2.75) is 33.2 Å². The highest BCUT2D eigenvalue weighted by Gasteiger charge is 2.19. The van der Waals surface area contributed by atoms with Crippen LogP contribution in [0.2, 0.25) is 0 Å². The van der Waals surface area contributed by atoms with E-state index in [1.807, 2.05) is 26.1 Å². The summed E-state index contributed by atoms with van der Waals surface area (Å²) in [5.74, 6) is 0.613. The van der Waals surface area contributed by atoms with E-state index >= 15 is 0 Å². The number of carbonyl (C=O) groups excluding carboxylic acids is 1. The van der Waals surface area contributed by atoms with Crippen LogP contribution in [0.15, 0.2) is 24.4 Å². The lowest BCUT2D eigenvalue weighted by atomic mass is 10.0. The van der Waals surface area contributed by atoms with Crippen molar-refractivity contribution < 1.29 is 9.53 Å². The summed E-state index contributed by atoms with van der Waals surface area (Å²) < 4.78 is 6.77. The molecule has 136 valence electrons. The minimum Gasteiger partial charge on any atom is -0.481 e. The Bertz CT molecular complexity index is 945. The van der Waals surface area contributed by atoms with E-state index in [0.717, 1.165) is 28.0 Å². The normalized spacial score (nSPS) is 11.2. The standard InChI is InChI=1S/C19H23N5O2/c1-11(2)15-8-14(17-12(3)23-24(4)18(17)22-15)19(25)21-10-13-6-7-16(26-5)20-9-13/h6-9,11H,10H2,1-5H3,(H,21,25). The molecule has 3 rings (SSSR count).